The zero-order chi connectivity index (χ0) is 47.7. The minimum Gasteiger partial charge on any atom is -0.394 e. The van der Waals surface area contributed by atoms with Gasteiger partial charge < -0.3 is 89.9 Å². The zero-order valence-electron chi connectivity index (χ0n) is 38.2. The Morgan fingerprint density at radius 1 is 0.569 bits per heavy atom. The Labute approximate surface area is 383 Å². The van der Waals surface area contributed by atoms with E-state index >= 15 is 0 Å². The molecule has 0 spiro atoms. The number of allylic oxidation sites excluding steroid dienone is 6. The summed E-state index contributed by atoms with van der Waals surface area (Å²) in [5, 5.41) is 119. The van der Waals surface area contributed by atoms with Crippen LogP contribution >= 0.6 is 0 Å². The van der Waals surface area contributed by atoms with Gasteiger partial charge in [-0.1, -0.05) is 102 Å². The van der Waals surface area contributed by atoms with Gasteiger partial charge in [0.2, 0.25) is 5.91 Å². The molecule has 0 bridgehead atoms. The van der Waals surface area contributed by atoms with E-state index in [9.17, 15) is 61.0 Å². The van der Waals surface area contributed by atoms with Crippen molar-refractivity contribution in [3.63, 3.8) is 0 Å². The molecule has 3 saturated heterocycles. The quantitative estimate of drug-likeness (QED) is 0.0328. The molecule has 3 aliphatic heterocycles. The van der Waals surface area contributed by atoms with E-state index in [1.807, 2.05) is 6.92 Å². The molecule has 1 amide bonds. The van der Waals surface area contributed by atoms with Crippen molar-refractivity contribution in [1.29, 1.82) is 0 Å². The van der Waals surface area contributed by atoms with Gasteiger partial charge in [-0.25, -0.2) is 0 Å². The van der Waals surface area contributed by atoms with Crippen LogP contribution in [0.1, 0.15) is 117 Å². The molecular weight excluding hydrogens is 854 g/mol. The monoisotopic (exact) mass is 936 g/mol. The smallest absolute Gasteiger partial charge is 0.220 e. The highest BCUT2D eigenvalue weighted by Crippen LogP contribution is 2.33. The lowest BCUT2D eigenvalue weighted by Crippen LogP contribution is -2.66. The summed E-state index contributed by atoms with van der Waals surface area (Å²) in [4.78, 5) is 13.0. The lowest BCUT2D eigenvalue weighted by Gasteiger charge is -2.48. The van der Waals surface area contributed by atoms with Gasteiger partial charge in [0, 0.05) is 6.42 Å². The molecule has 0 aromatic carbocycles. The van der Waals surface area contributed by atoms with Gasteiger partial charge in [-0.2, -0.15) is 0 Å². The van der Waals surface area contributed by atoms with Crippen LogP contribution in [0.2, 0.25) is 0 Å². The van der Waals surface area contributed by atoms with E-state index in [0.717, 1.165) is 77.0 Å². The van der Waals surface area contributed by atoms with E-state index in [-0.39, 0.29) is 18.9 Å². The molecule has 3 aliphatic rings. The van der Waals surface area contributed by atoms with Gasteiger partial charge in [-0.05, 0) is 44.9 Å². The van der Waals surface area contributed by atoms with Crippen molar-refractivity contribution in [3.8, 4) is 0 Å². The lowest BCUT2D eigenvalue weighted by atomic mass is 9.96. The highest BCUT2D eigenvalue weighted by atomic mass is 16.8. The fourth-order valence-electron chi connectivity index (χ4n) is 7.97. The Morgan fingerprint density at radius 2 is 1.06 bits per heavy atom. The van der Waals surface area contributed by atoms with Crippen molar-refractivity contribution < 1.29 is 89.4 Å². The third kappa shape index (κ3) is 18.8. The van der Waals surface area contributed by atoms with Crippen LogP contribution in [0.4, 0.5) is 0 Å². The first kappa shape index (κ1) is 57.3. The number of nitrogens with one attached hydrogen (secondary N) is 1. The van der Waals surface area contributed by atoms with E-state index in [1.54, 1.807) is 0 Å². The molecular formula is C46H81NO18. The van der Waals surface area contributed by atoms with Crippen LogP contribution in [-0.2, 0) is 33.2 Å². The van der Waals surface area contributed by atoms with Crippen molar-refractivity contribution in [3.05, 3.63) is 36.5 Å². The van der Waals surface area contributed by atoms with Gasteiger partial charge in [0.25, 0.3) is 0 Å². The molecule has 19 heteroatoms. The number of ether oxygens (including phenoxy) is 6. The lowest BCUT2D eigenvalue weighted by molar-refractivity contribution is -0.379. The number of carbonyl (C=O) groups is 1. The van der Waals surface area contributed by atoms with Gasteiger partial charge in [0.05, 0.1) is 38.6 Å². The summed E-state index contributed by atoms with van der Waals surface area (Å²) < 4.78 is 33.9. The molecule has 3 fully saturated rings. The van der Waals surface area contributed by atoms with E-state index in [4.69, 9.17) is 28.4 Å². The summed E-state index contributed by atoms with van der Waals surface area (Å²) in [7, 11) is 0. The van der Waals surface area contributed by atoms with Gasteiger partial charge in [-0.3, -0.25) is 4.79 Å². The number of aliphatic hydroxyl groups is 11. The summed E-state index contributed by atoms with van der Waals surface area (Å²) in [5.41, 5.74) is 0. The van der Waals surface area contributed by atoms with Crippen LogP contribution in [0.25, 0.3) is 0 Å². The molecule has 19 nitrogen and oxygen atoms in total. The van der Waals surface area contributed by atoms with Gasteiger partial charge in [0.15, 0.2) is 18.9 Å². The summed E-state index contributed by atoms with van der Waals surface area (Å²) in [6, 6.07) is -0.886. The molecule has 12 N–H and O–H groups in total. The number of rotatable bonds is 31. The Hall–Kier alpha value is -1.99. The molecule has 3 heterocycles. The molecule has 65 heavy (non-hydrogen) atoms. The van der Waals surface area contributed by atoms with Crippen LogP contribution in [-0.4, -0.2) is 193 Å². The maximum atomic E-state index is 13.0. The first-order valence-corrected chi connectivity index (χ1v) is 23.7. The minimum absolute atomic E-state index is 0.251. The standard InChI is InChI=1S/C46H81NO18/c1-3-5-7-8-9-10-11-12-13-14-15-16-17-18-19-20-22-24-34(52)47-29(30(51)23-21-6-4-2)28-60-44-40(58)37(55)42(32(26-49)62-44)65-46-41(59)38(56)43(33(27-50)63-46)64-45-39(57)36(54)35(53)31(25-48)61-45/h5,7,9-10,12-13,29-33,35-46,48-51,53-59H,3-4,6,8,11,14-28H2,1-2H3,(H,47,52)/b7-5-,10-9-,13-12-. The third-order valence-corrected chi connectivity index (χ3v) is 12.0. The second-order valence-electron chi connectivity index (χ2n) is 17.2. The van der Waals surface area contributed by atoms with Crippen molar-refractivity contribution in [1.82, 2.24) is 5.32 Å². The number of hydrogen-bond acceptors (Lipinski definition) is 18. The van der Waals surface area contributed by atoms with E-state index in [0.29, 0.717) is 19.3 Å². The van der Waals surface area contributed by atoms with Crippen LogP contribution in [0, 0.1) is 0 Å². The van der Waals surface area contributed by atoms with E-state index in [1.165, 1.54) is 0 Å². The molecule has 17 unspecified atom stereocenters. The number of aliphatic hydroxyl groups excluding tert-OH is 11. The molecule has 378 valence electrons. The first-order valence-electron chi connectivity index (χ1n) is 23.7. The average Bonchev–Trinajstić information content (AvgIpc) is 3.30. The summed E-state index contributed by atoms with van der Waals surface area (Å²) >= 11 is 0. The zero-order valence-corrected chi connectivity index (χ0v) is 38.2. The summed E-state index contributed by atoms with van der Waals surface area (Å²) in [5.74, 6) is -0.269. The number of amides is 1. The highest BCUT2D eigenvalue weighted by Gasteiger charge is 2.53. The van der Waals surface area contributed by atoms with Crippen molar-refractivity contribution >= 4 is 5.91 Å². The van der Waals surface area contributed by atoms with Gasteiger partial charge in [-0.15, -0.1) is 0 Å². The maximum Gasteiger partial charge on any atom is 0.220 e. The van der Waals surface area contributed by atoms with Crippen LogP contribution in [0.5, 0.6) is 0 Å². The summed E-state index contributed by atoms with van der Waals surface area (Å²) in [6.45, 7) is 1.43. The molecule has 0 aromatic rings. The SMILES string of the molecule is CC/C=C\C/C=C\C/C=C\CCCCCCCCCC(=O)NC(COC1OC(CO)C(OC2OC(CO)C(OC3OC(CO)C(O)C(O)C3O)C(O)C2O)C(O)C1O)C(O)CCCCC. The van der Waals surface area contributed by atoms with Crippen LogP contribution < -0.4 is 5.32 Å². The number of carbonyl (C=O) groups excluding carboxylic acids is 1. The molecule has 3 rings (SSSR count). The van der Waals surface area contributed by atoms with E-state index in [2.05, 4.69) is 48.7 Å². The van der Waals surface area contributed by atoms with Gasteiger partial charge >= 0.3 is 0 Å². The van der Waals surface area contributed by atoms with Crippen molar-refractivity contribution in [2.75, 3.05) is 26.4 Å². The molecule has 0 aliphatic carbocycles. The second kappa shape index (κ2) is 31.9. The molecule has 0 saturated carbocycles. The summed E-state index contributed by atoms with van der Waals surface area (Å²) in [6.07, 6.45) is 0.928. The minimum atomic E-state index is -1.97. The maximum absolute atomic E-state index is 13.0. The fraction of sp³-hybridized carbons (Fsp3) is 0.848. The van der Waals surface area contributed by atoms with Gasteiger partial charge in [0.1, 0.15) is 73.2 Å². The predicted octanol–water partition coefficient (Wildman–Crippen LogP) is 0.247. The fourth-order valence-corrected chi connectivity index (χ4v) is 7.97. The largest absolute Gasteiger partial charge is 0.394 e. The molecule has 0 radical (unpaired) electrons. The first-order chi connectivity index (χ1) is 31.3. The molecule has 17 atom stereocenters. The Morgan fingerprint density at radius 3 is 1.63 bits per heavy atom. The Bertz CT molecular complexity index is 1350. The van der Waals surface area contributed by atoms with Crippen LogP contribution in [0.15, 0.2) is 36.5 Å². The Balaban J connectivity index is 1.48. The highest BCUT2D eigenvalue weighted by molar-refractivity contribution is 5.76. The Kier molecular flexibility index (Phi) is 28.2. The number of unbranched alkanes of at least 4 members (excludes halogenated alkanes) is 9. The topological polar surface area (TPSA) is 307 Å². The predicted molar refractivity (Wildman–Crippen MR) is 236 cm³/mol. The normalized spacial score (nSPS) is 34.4. The van der Waals surface area contributed by atoms with Crippen molar-refractivity contribution in [2.45, 2.75) is 221 Å². The average molecular weight is 936 g/mol. The van der Waals surface area contributed by atoms with E-state index < -0.39 is 124 Å². The van der Waals surface area contributed by atoms with Crippen LogP contribution in [0.3, 0.4) is 0 Å². The second-order valence-corrected chi connectivity index (χ2v) is 17.2. The number of hydrogen-bond donors (Lipinski definition) is 12. The molecule has 0 aromatic heterocycles. The third-order valence-electron chi connectivity index (χ3n) is 12.0. The van der Waals surface area contributed by atoms with Crippen molar-refractivity contribution in [2.24, 2.45) is 0 Å².